The van der Waals surface area contributed by atoms with Crippen LogP contribution >= 0.6 is 39.1 Å². The zero-order chi connectivity index (χ0) is 22.0. The van der Waals surface area contributed by atoms with Crippen LogP contribution in [0.15, 0.2) is 45.8 Å². The fourth-order valence-electron chi connectivity index (χ4n) is 3.84. The molecule has 10 heteroatoms. The van der Waals surface area contributed by atoms with E-state index in [9.17, 15) is 8.42 Å². The minimum Gasteiger partial charge on any atom is -0.486 e. The number of hydrogen-bond acceptors (Lipinski definition) is 5. The number of nitrogens with one attached hydrogen (secondary N) is 1. The maximum atomic E-state index is 12.6. The Morgan fingerprint density at radius 1 is 1.13 bits per heavy atom. The van der Waals surface area contributed by atoms with E-state index in [1.165, 1.54) is 6.07 Å². The van der Waals surface area contributed by atoms with Gasteiger partial charge < -0.3 is 9.47 Å². The number of halogens is 3. The number of likely N-dealkylation sites (tertiary alicyclic amines) is 1. The Bertz CT molecular complexity index is 1050. The molecular formula is C21H23BrCl2N2O4S. The van der Waals surface area contributed by atoms with E-state index in [2.05, 4.69) is 25.6 Å². The molecule has 2 aromatic rings. The van der Waals surface area contributed by atoms with Crippen molar-refractivity contribution >= 4 is 49.2 Å². The molecule has 2 heterocycles. The number of piperidine rings is 1. The minimum absolute atomic E-state index is 0.0143. The molecule has 1 atom stereocenters. The number of ether oxygens (including phenoxy) is 2. The van der Waals surface area contributed by atoms with Gasteiger partial charge in [0.05, 0.1) is 10.0 Å². The molecule has 6 nitrogen and oxygen atoms in total. The number of rotatable bonds is 6. The van der Waals surface area contributed by atoms with E-state index >= 15 is 0 Å². The molecule has 0 spiro atoms. The maximum absolute atomic E-state index is 12.6. The van der Waals surface area contributed by atoms with Crippen LogP contribution in [-0.4, -0.2) is 52.2 Å². The molecule has 1 fully saturated rings. The first-order valence-electron chi connectivity index (χ1n) is 10.1. The zero-order valence-electron chi connectivity index (χ0n) is 16.7. The highest BCUT2D eigenvalue weighted by molar-refractivity contribution is 9.10. The van der Waals surface area contributed by atoms with Crippen molar-refractivity contribution in [1.82, 2.24) is 9.62 Å². The molecule has 2 aromatic carbocycles. The van der Waals surface area contributed by atoms with Gasteiger partial charge >= 0.3 is 0 Å². The lowest BCUT2D eigenvalue weighted by Gasteiger charge is -2.35. The summed E-state index contributed by atoms with van der Waals surface area (Å²) in [5, 5.41) is 0.275. The summed E-state index contributed by atoms with van der Waals surface area (Å²) in [7, 11) is -3.70. The summed E-state index contributed by atoms with van der Waals surface area (Å²) >= 11 is 15.5. The molecule has 31 heavy (non-hydrogen) atoms. The van der Waals surface area contributed by atoms with Gasteiger partial charge in [0.15, 0.2) is 11.5 Å². The van der Waals surface area contributed by atoms with Crippen LogP contribution in [0.1, 0.15) is 12.8 Å². The van der Waals surface area contributed by atoms with Crippen LogP contribution in [0.25, 0.3) is 0 Å². The average Bonchev–Trinajstić information content (AvgIpc) is 2.75. The number of hydrogen-bond donors (Lipinski definition) is 1. The second kappa shape index (κ2) is 9.85. The van der Waals surface area contributed by atoms with Crippen molar-refractivity contribution in [3.63, 3.8) is 0 Å². The molecule has 0 amide bonds. The van der Waals surface area contributed by atoms with Gasteiger partial charge in [-0.15, -0.1) is 0 Å². The predicted octanol–water partition coefficient (Wildman–Crippen LogP) is 4.59. The largest absolute Gasteiger partial charge is 0.486 e. The van der Waals surface area contributed by atoms with Gasteiger partial charge in [-0.1, -0.05) is 45.2 Å². The fraction of sp³-hybridized carbons (Fsp3) is 0.429. The lowest BCUT2D eigenvalue weighted by molar-refractivity contribution is 0.0480. The molecule has 0 bridgehead atoms. The Balaban J connectivity index is 1.25. The van der Waals surface area contributed by atoms with Crippen LogP contribution in [0.3, 0.4) is 0 Å². The molecule has 0 aromatic heterocycles. The number of fused-ring (bicyclic) bond motifs is 1. The zero-order valence-corrected chi connectivity index (χ0v) is 20.6. The number of nitrogens with zero attached hydrogens (tertiary/aromatic N) is 1. The van der Waals surface area contributed by atoms with Crippen molar-refractivity contribution in [3.8, 4) is 11.5 Å². The standard InChI is InChI=1S/C21H23BrCl2N2O4S/c22-15-4-5-18-19(10-15)30-16(13-29-18)12-26-8-6-14(7-9-26)11-25-31(27,28)20-3-1-2-17(23)21(20)24/h1-5,10,14,16,25H,6-9,11-13H2/t16-/m0/s1. The maximum Gasteiger partial charge on any atom is 0.242 e. The van der Waals surface area contributed by atoms with Gasteiger partial charge in [-0.2, -0.15) is 0 Å². The Morgan fingerprint density at radius 2 is 1.90 bits per heavy atom. The predicted molar refractivity (Wildman–Crippen MR) is 125 cm³/mol. The van der Waals surface area contributed by atoms with Crippen molar-refractivity contribution < 1.29 is 17.9 Å². The van der Waals surface area contributed by atoms with Crippen LogP contribution in [0.5, 0.6) is 11.5 Å². The van der Waals surface area contributed by atoms with Crippen LogP contribution in [0.4, 0.5) is 0 Å². The topological polar surface area (TPSA) is 67.9 Å². The Kier molecular flexibility index (Phi) is 7.35. The van der Waals surface area contributed by atoms with Gasteiger partial charge in [-0.05, 0) is 62.2 Å². The van der Waals surface area contributed by atoms with Crippen LogP contribution in [0, 0.1) is 5.92 Å². The van der Waals surface area contributed by atoms with Gasteiger partial charge in [0.1, 0.15) is 17.6 Å². The molecule has 1 saturated heterocycles. The SMILES string of the molecule is O=S(=O)(NCC1CCN(C[C@H]2COc3ccc(Br)cc3O2)CC1)c1cccc(Cl)c1Cl. The molecule has 4 rings (SSSR count). The van der Waals surface area contributed by atoms with Gasteiger partial charge in [-0.3, -0.25) is 4.90 Å². The molecule has 0 saturated carbocycles. The highest BCUT2D eigenvalue weighted by Crippen LogP contribution is 2.34. The Labute approximate surface area is 201 Å². The smallest absolute Gasteiger partial charge is 0.242 e. The molecule has 2 aliphatic heterocycles. The molecule has 2 aliphatic rings. The summed E-state index contributed by atoms with van der Waals surface area (Å²) in [4.78, 5) is 2.36. The minimum atomic E-state index is -3.70. The Hall–Kier alpha value is -1.03. The van der Waals surface area contributed by atoms with E-state index in [0.717, 1.165) is 48.4 Å². The third kappa shape index (κ3) is 5.67. The lowest BCUT2D eigenvalue weighted by atomic mass is 9.97. The van der Waals surface area contributed by atoms with E-state index in [1.54, 1.807) is 12.1 Å². The summed E-state index contributed by atoms with van der Waals surface area (Å²) in [6.45, 7) is 3.45. The Morgan fingerprint density at radius 3 is 2.68 bits per heavy atom. The molecule has 1 N–H and O–H groups in total. The summed E-state index contributed by atoms with van der Waals surface area (Å²) in [6, 6.07) is 10.4. The first kappa shape index (κ1) is 23.1. The monoisotopic (exact) mass is 548 g/mol. The van der Waals surface area contributed by atoms with Gasteiger partial charge in [0.25, 0.3) is 0 Å². The normalized spacial score (nSPS) is 20.0. The molecule has 168 valence electrons. The quantitative estimate of drug-likeness (QED) is 0.571. The average molecular weight is 550 g/mol. The van der Waals surface area contributed by atoms with E-state index in [1.807, 2.05) is 18.2 Å². The van der Waals surface area contributed by atoms with Crippen molar-refractivity contribution in [1.29, 1.82) is 0 Å². The van der Waals surface area contributed by atoms with E-state index in [-0.39, 0.29) is 27.0 Å². The first-order chi connectivity index (χ1) is 14.8. The third-order valence-electron chi connectivity index (χ3n) is 5.56. The van der Waals surface area contributed by atoms with Crippen molar-refractivity contribution in [2.24, 2.45) is 5.92 Å². The van der Waals surface area contributed by atoms with Crippen LogP contribution in [-0.2, 0) is 10.0 Å². The fourth-order valence-corrected chi connectivity index (χ4v) is 6.05. The van der Waals surface area contributed by atoms with Crippen molar-refractivity contribution in [2.45, 2.75) is 23.8 Å². The number of benzene rings is 2. The van der Waals surface area contributed by atoms with E-state index < -0.39 is 10.0 Å². The molecule has 0 unspecified atom stereocenters. The van der Waals surface area contributed by atoms with Crippen LogP contribution < -0.4 is 14.2 Å². The second-order valence-electron chi connectivity index (χ2n) is 7.79. The summed E-state index contributed by atoms with van der Waals surface area (Å²) in [5.41, 5.74) is 0. The summed E-state index contributed by atoms with van der Waals surface area (Å²) < 4.78 is 40.8. The highest BCUT2D eigenvalue weighted by Gasteiger charge is 2.27. The third-order valence-corrected chi connectivity index (χ3v) is 8.45. The van der Waals surface area contributed by atoms with Gasteiger partial charge in [0.2, 0.25) is 10.0 Å². The summed E-state index contributed by atoms with van der Waals surface area (Å²) in [6.07, 6.45) is 1.78. The van der Waals surface area contributed by atoms with Gasteiger partial charge in [-0.25, -0.2) is 13.1 Å². The molecular weight excluding hydrogens is 527 g/mol. The lowest BCUT2D eigenvalue weighted by Crippen LogP contribution is -2.45. The number of sulfonamides is 1. The first-order valence-corrected chi connectivity index (χ1v) is 13.1. The summed E-state index contributed by atoms with van der Waals surface area (Å²) in [5.74, 6) is 1.80. The van der Waals surface area contributed by atoms with Gasteiger partial charge in [0, 0.05) is 17.6 Å². The second-order valence-corrected chi connectivity index (χ2v) is 11.2. The van der Waals surface area contributed by atoms with Crippen molar-refractivity contribution in [2.75, 3.05) is 32.8 Å². The van der Waals surface area contributed by atoms with E-state index in [4.69, 9.17) is 32.7 Å². The van der Waals surface area contributed by atoms with Crippen molar-refractivity contribution in [3.05, 3.63) is 50.9 Å². The van der Waals surface area contributed by atoms with E-state index in [0.29, 0.717) is 13.2 Å². The highest BCUT2D eigenvalue weighted by atomic mass is 79.9. The molecule has 0 radical (unpaired) electrons. The van der Waals surface area contributed by atoms with Crippen LogP contribution in [0.2, 0.25) is 10.0 Å². The molecule has 0 aliphatic carbocycles.